The van der Waals surface area contributed by atoms with Crippen LogP contribution in [0, 0.1) is 12.7 Å². The van der Waals surface area contributed by atoms with Gasteiger partial charge in [0.05, 0.1) is 11.1 Å². The van der Waals surface area contributed by atoms with Crippen molar-refractivity contribution in [1.29, 1.82) is 0 Å². The first-order valence-corrected chi connectivity index (χ1v) is 11.4. The van der Waals surface area contributed by atoms with Crippen molar-refractivity contribution in [2.75, 3.05) is 18.0 Å². The molecule has 1 amide bonds. The molecule has 6 N–H and O–H groups in total. The monoisotopic (exact) mass is 433 g/mol. The van der Waals surface area contributed by atoms with Gasteiger partial charge in [-0.3, -0.25) is 4.79 Å². The zero-order chi connectivity index (χ0) is 21.7. The maximum atomic E-state index is 14.0. The van der Waals surface area contributed by atoms with Crippen molar-refractivity contribution in [2.45, 2.75) is 77.8 Å². The van der Waals surface area contributed by atoms with Gasteiger partial charge in [-0.1, -0.05) is 33.1 Å². The molecular formula is C24H40FN5O. The molecule has 31 heavy (non-hydrogen) atoms. The Bertz CT molecular complexity index is 880. The summed E-state index contributed by atoms with van der Waals surface area (Å²) in [4.78, 5) is 18.9. The number of benzene rings is 1. The topological polar surface area (TPSA) is 106 Å². The van der Waals surface area contributed by atoms with Crippen LogP contribution >= 0.6 is 0 Å². The van der Waals surface area contributed by atoms with Crippen molar-refractivity contribution in [1.82, 2.24) is 16.5 Å². The lowest BCUT2D eigenvalue weighted by Crippen LogP contribution is -2.47. The Morgan fingerprint density at radius 2 is 1.74 bits per heavy atom. The molecule has 0 radical (unpaired) electrons. The van der Waals surface area contributed by atoms with Gasteiger partial charge in [0.1, 0.15) is 11.6 Å². The number of piperidine rings is 1. The van der Waals surface area contributed by atoms with Crippen molar-refractivity contribution >= 4 is 22.6 Å². The van der Waals surface area contributed by atoms with E-state index >= 15 is 0 Å². The Kier molecular flexibility index (Phi) is 9.19. The number of pyridine rings is 1. The smallest absolute Gasteiger partial charge is 0.252 e. The zero-order valence-corrected chi connectivity index (χ0v) is 19.2. The Balaban J connectivity index is 0.00000125. The van der Waals surface area contributed by atoms with Crippen LogP contribution in [0.15, 0.2) is 18.2 Å². The number of aromatic nitrogens is 1. The van der Waals surface area contributed by atoms with Gasteiger partial charge in [0.2, 0.25) is 0 Å². The summed E-state index contributed by atoms with van der Waals surface area (Å²) in [7, 11) is 0. The molecule has 6 nitrogen and oxygen atoms in total. The van der Waals surface area contributed by atoms with E-state index in [0.717, 1.165) is 31.3 Å². The largest absolute Gasteiger partial charge is 0.365 e. The van der Waals surface area contributed by atoms with Gasteiger partial charge in [0, 0.05) is 37.5 Å². The Morgan fingerprint density at radius 3 is 2.35 bits per heavy atom. The minimum atomic E-state index is -0.492. The molecule has 1 aliphatic carbocycles. The predicted molar refractivity (Wildman–Crippen MR) is 129 cm³/mol. The molecule has 2 heterocycles. The number of hydrogen-bond donors (Lipinski definition) is 3. The molecule has 2 aliphatic rings. The van der Waals surface area contributed by atoms with Crippen LogP contribution in [0.5, 0.6) is 0 Å². The van der Waals surface area contributed by atoms with E-state index in [2.05, 4.69) is 15.2 Å². The molecule has 1 saturated carbocycles. The van der Waals surface area contributed by atoms with Crippen molar-refractivity contribution in [2.24, 2.45) is 5.73 Å². The summed E-state index contributed by atoms with van der Waals surface area (Å²) in [6.07, 6.45) is 8.60. The summed E-state index contributed by atoms with van der Waals surface area (Å²) < 4.78 is 14.0. The Hall–Kier alpha value is -2.25. The summed E-state index contributed by atoms with van der Waals surface area (Å²) in [5.74, 6) is -0.188. The van der Waals surface area contributed by atoms with Crippen molar-refractivity contribution in [3.63, 3.8) is 0 Å². The standard InChI is InChI=1S/C22H29FN4O.C2H6.H3N.H2/c1-14-19(23)8-7-15-13-18(21(24)28)22(26-20(14)15)27-11-9-17(10-12-27)25-16-5-3-2-4-6-16;1-2;;/h7-8,13,16-17,25H,2-6,9-12H2,1H3,(H2,24,28);1-2H3;1H3;1H. The summed E-state index contributed by atoms with van der Waals surface area (Å²) in [6.45, 7) is 7.35. The summed E-state index contributed by atoms with van der Waals surface area (Å²) >= 11 is 0. The zero-order valence-electron chi connectivity index (χ0n) is 19.2. The van der Waals surface area contributed by atoms with E-state index in [1.165, 1.54) is 38.2 Å². The molecule has 4 rings (SSSR count). The minimum Gasteiger partial charge on any atom is -0.365 e. The fraction of sp³-hybridized carbons (Fsp3) is 0.583. The molecule has 1 aliphatic heterocycles. The molecule has 2 aromatic rings. The van der Waals surface area contributed by atoms with Gasteiger partial charge in [-0.05, 0) is 50.8 Å². The van der Waals surface area contributed by atoms with E-state index < -0.39 is 5.91 Å². The first-order chi connectivity index (χ1) is 14.5. The van der Waals surface area contributed by atoms with Gasteiger partial charge in [0.25, 0.3) is 5.91 Å². The van der Waals surface area contributed by atoms with Crippen LogP contribution < -0.4 is 22.1 Å². The highest BCUT2D eigenvalue weighted by Crippen LogP contribution is 2.29. The number of primary amides is 1. The number of halogens is 1. The van der Waals surface area contributed by atoms with Gasteiger partial charge in [0.15, 0.2) is 0 Å². The molecule has 7 heteroatoms. The van der Waals surface area contributed by atoms with Gasteiger partial charge in [-0.25, -0.2) is 9.37 Å². The van der Waals surface area contributed by atoms with Gasteiger partial charge in [-0.2, -0.15) is 0 Å². The molecule has 0 atom stereocenters. The fourth-order valence-electron chi connectivity index (χ4n) is 4.63. The number of nitrogens with two attached hydrogens (primary N) is 1. The second-order valence-electron chi connectivity index (χ2n) is 8.23. The molecular weight excluding hydrogens is 393 g/mol. The highest BCUT2D eigenvalue weighted by Gasteiger charge is 2.26. The number of amides is 1. The van der Waals surface area contributed by atoms with Crippen LogP contribution in [0.4, 0.5) is 10.2 Å². The third-order valence-corrected chi connectivity index (χ3v) is 6.29. The molecule has 0 unspecified atom stereocenters. The van der Waals surface area contributed by atoms with Gasteiger partial charge < -0.3 is 22.1 Å². The van der Waals surface area contributed by atoms with E-state index in [9.17, 15) is 9.18 Å². The lowest BCUT2D eigenvalue weighted by atomic mass is 9.93. The average molecular weight is 434 g/mol. The highest BCUT2D eigenvalue weighted by atomic mass is 19.1. The third-order valence-electron chi connectivity index (χ3n) is 6.29. The first-order valence-electron chi connectivity index (χ1n) is 11.4. The van der Waals surface area contributed by atoms with Crippen LogP contribution in [-0.4, -0.2) is 36.1 Å². The maximum absolute atomic E-state index is 14.0. The number of carbonyl (C=O) groups excluding carboxylic acids is 1. The lowest BCUT2D eigenvalue weighted by Gasteiger charge is -2.36. The summed E-state index contributed by atoms with van der Waals surface area (Å²) in [6, 6.07) is 5.97. The second-order valence-corrected chi connectivity index (χ2v) is 8.23. The highest BCUT2D eigenvalue weighted by molar-refractivity contribution is 6.02. The molecule has 174 valence electrons. The normalized spacial score (nSPS) is 17.6. The third kappa shape index (κ3) is 5.71. The quantitative estimate of drug-likeness (QED) is 0.621. The maximum Gasteiger partial charge on any atom is 0.252 e. The van der Waals surface area contributed by atoms with Gasteiger partial charge >= 0.3 is 0 Å². The SMILES string of the molecule is CC.Cc1c(F)ccc2cc(C(N)=O)c(N3CCC(NC4CCCCC4)CC3)nc12.N.[HH]. The van der Waals surface area contributed by atoms with Crippen LogP contribution in [-0.2, 0) is 0 Å². The molecule has 1 aromatic heterocycles. The van der Waals surface area contributed by atoms with E-state index in [1.807, 2.05) is 13.8 Å². The minimum absolute atomic E-state index is 0. The average Bonchev–Trinajstić information content (AvgIpc) is 2.78. The number of nitrogens with one attached hydrogen (secondary N) is 1. The van der Waals surface area contributed by atoms with E-state index in [4.69, 9.17) is 5.73 Å². The molecule has 1 aromatic carbocycles. The molecule has 0 spiro atoms. The number of fused-ring (bicyclic) bond motifs is 1. The van der Waals surface area contributed by atoms with E-state index in [-0.39, 0.29) is 13.4 Å². The Morgan fingerprint density at radius 1 is 1.13 bits per heavy atom. The molecule has 2 fully saturated rings. The van der Waals surface area contributed by atoms with E-state index in [0.29, 0.717) is 34.5 Å². The van der Waals surface area contributed by atoms with Crippen molar-refractivity contribution in [3.8, 4) is 0 Å². The first kappa shape index (κ1) is 25.0. The lowest BCUT2D eigenvalue weighted by molar-refractivity contribution is 0.100. The van der Waals surface area contributed by atoms with Crippen molar-refractivity contribution < 1.29 is 10.6 Å². The van der Waals surface area contributed by atoms with Gasteiger partial charge in [-0.15, -0.1) is 0 Å². The number of aryl methyl sites for hydroxylation is 1. The fourth-order valence-corrected chi connectivity index (χ4v) is 4.63. The summed E-state index contributed by atoms with van der Waals surface area (Å²) in [5, 5.41) is 4.57. The van der Waals surface area contributed by atoms with Crippen LogP contribution in [0.2, 0.25) is 0 Å². The molecule has 0 bridgehead atoms. The number of nitrogens with zero attached hydrogens (tertiary/aromatic N) is 2. The predicted octanol–water partition coefficient (Wildman–Crippen LogP) is 5.11. The number of hydrogen-bond acceptors (Lipinski definition) is 5. The van der Waals surface area contributed by atoms with Crippen molar-refractivity contribution in [3.05, 3.63) is 35.1 Å². The van der Waals surface area contributed by atoms with E-state index in [1.54, 1.807) is 19.1 Å². The Labute approximate surface area is 186 Å². The number of carbonyl (C=O) groups is 1. The molecule has 1 saturated heterocycles. The van der Waals surface area contributed by atoms with Crippen LogP contribution in [0.1, 0.15) is 76.1 Å². The second kappa shape index (κ2) is 11.4. The van der Waals surface area contributed by atoms with Crippen LogP contribution in [0.25, 0.3) is 10.9 Å². The number of anilines is 1. The number of rotatable bonds is 4. The summed E-state index contributed by atoms with van der Waals surface area (Å²) in [5.41, 5.74) is 7.16. The van der Waals surface area contributed by atoms with Crippen LogP contribution in [0.3, 0.4) is 0 Å².